The first kappa shape index (κ1) is 17.8. The first-order valence-corrected chi connectivity index (χ1v) is 9.37. The topological polar surface area (TPSA) is 57.0 Å². The summed E-state index contributed by atoms with van der Waals surface area (Å²) in [5, 5.41) is 12.5. The van der Waals surface area contributed by atoms with Gasteiger partial charge in [-0.1, -0.05) is 41.6 Å². The fourth-order valence-electron chi connectivity index (χ4n) is 3.73. The molecule has 5 heteroatoms. The van der Waals surface area contributed by atoms with Crippen molar-refractivity contribution in [2.75, 3.05) is 33.2 Å². The van der Waals surface area contributed by atoms with Gasteiger partial charge in [-0.2, -0.15) is 0 Å². The molecule has 27 heavy (non-hydrogen) atoms. The minimum atomic E-state index is -0.152. The van der Waals surface area contributed by atoms with E-state index in [-0.39, 0.29) is 17.3 Å². The molecular weight excluding hydrogens is 340 g/mol. The van der Waals surface area contributed by atoms with Gasteiger partial charge in [-0.25, -0.2) is 0 Å². The molecule has 0 saturated carbocycles. The minimum Gasteiger partial charge on any atom is -0.872 e. The summed E-state index contributed by atoms with van der Waals surface area (Å²) in [7, 11) is 2.11. The molecule has 5 nitrogen and oxygen atoms in total. The summed E-state index contributed by atoms with van der Waals surface area (Å²) in [6.07, 6.45) is 1.76. The van der Waals surface area contributed by atoms with Crippen LogP contribution in [0.15, 0.2) is 42.2 Å². The molecule has 0 unspecified atom stereocenters. The van der Waals surface area contributed by atoms with Crippen molar-refractivity contribution in [3.8, 4) is 11.5 Å². The number of hydrogen-bond acceptors (Lipinski definition) is 4. The number of carbonyl (C=O) groups excluding carboxylic acids is 1. The number of rotatable bonds is 3. The van der Waals surface area contributed by atoms with E-state index in [4.69, 9.17) is 4.74 Å². The van der Waals surface area contributed by atoms with Crippen LogP contribution in [0.3, 0.4) is 0 Å². The van der Waals surface area contributed by atoms with E-state index in [0.717, 1.165) is 37.3 Å². The van der Waals surface area contributed by atoms with Crippen LogP contribution in [0.2, 0.25) is 0 Å². The zero-order valence-corrected chi connectivity index (χ0v) is 15.7. The summed E-state index contributed by atoms with van der Waals surface area (Å²) >= 11 is 0. The van der Waals surface area contributed by atoms with Gasteiger partial charge in [0.1, 0.15) is 12.3 Å². The monoisotopic (exact) mass is 364 g/mol. The number of allylic oxidation sites excluding steroid dienone is 1. The first-order valence-electron chi connectivity index (χ1n) is 9.37. The zero-order valence-electron chi connectivity index (χ0n) is 15.7. The summed E-state index contributed by atoms with van der Waals surface area (Å²) in [4.78, 5) is 16.4. The Morgan fingerprint density at radius 1 is 1.22 bits per heavy atom. The van der Waals surface area contributed by atoms with Crippen molar-refractivity contribution in [1.29, 1.82) is 0 Å². The molecule has 2 aromatic carbocycles. The summed E-state index contributed by atoms with van der Waals surface area (Å²) < 4.78 is 5.93. The number of piperazine rings is 1. The highest BCUT2D eigenvalue weighted by Crippen LogP contribution is 2.38. The Bertz CT molecular complexity index is 912. The summed E-state index contributed by atoms with van der Waals surface area (Å²) in [6, 6.07) is 11.0. The SMILES string of the molecule is Cc1cccc(/C=C2\Oc3c(ccc([O-])c3C[NH+]3CCN(C)CC3)C2=O)c1. The van der Waals surface area contributed by atoms with Crippen LogP contribution in [0.1, 0.15) is 27.0 Å². The van der Waals surface area contributed by atoms with Gasteiger partial charge in [-0.15, -0.1) is 0 Å². The van der Waals surface area contributed by atoms with Gasteiger partial charge in [-0.3, -0.25) is 9.69 Å². The van der Waals surface area contributed by atoms with E-state index >= 15 is 0 Å². The molecule has 2 aliphatic rings. The van der Waals surface area contributed by atoms with Crippen LogP contribution in [-0.2, 0) is 6.54 Å². The number of aryl methyl sites for hydroxylation is 1. The number of fused-ring (bicyclic) bond motifs is 1. The molecule has 1 N–H and O–H groups in total. The van der Waals surface area contributed by atoms with Crippen molar-refractivity contribution < 1.29 is 19.5 Å². The van der Waals surface area contributed by atoms with Gasteiger partial charge in [0.15, 0.2) is 5.76 Å². The number of hydrogen-bond donors (Lipinski definition) is 1. The number of nitrogens with one attached hydrogen (secondary N) is 1. The first-order chi connectivity index (χ1) is 13.0. The molecule has 0 radical (unpaired) electrons. The van der Waals surface area contributed by atoms with Gasteiger partial charge in [0.05, 0.1) is 18.7 Å². The third-order valence-electron chi connectivity index (χ3n) is 5.36. The van der Waals surface area contributed by atoms with E-state index < -0.39 is 0 Å². The smallest absolute Gasteiger partial charge is 0.231 e. The lowest BCUT2D eigenvalue weighted by atomic mass is 10.0. The number of ketones is 1. The fourth-order valence-corrected chi connectivity index (χ4v) is 3.73. The number of benzene rings is 2. The third kappa shape index (κ3) is 3.61. The average Bonchev–Trinajstić information content (AvgIpc) is 2.95. The highest BCUT2D eigenvalue weighted by atomic mass is 16.5. The largest absolute Gasteiger partial charge is 0.872 e. The van der Waals surface area contributed by atoms with E-state index in [1.807, 2.05) is 31.2 Å². The fraction of sp³-hybridized carbons (Fsp3) is 0.318. The average molecular weight is 364 g/mol. The van der Waals surface area contributed by atoms with Crippen molar-refractivity contribution in [1.82, 2.24) is 4.90 Å². The van der Waals surface area contributed by atoms with Gasteiger partial charge in [0.2, 0.25) is 5.78 Å². The lowest BCUT2D eigenvalue weighted by Gasteiger charge is -2.30. The van der Waals surface area contributed by atoms with Gasteiger partial charge < -0.3 is 14.7 Å². The molecule has 0 aliphatic carbocycles. The van der Waals surface area contributed by atoms with Gasteiger partial charge >= 0.3 is 0 Å². The molecule has 4 rings (SSSR count). The van der Waals surface area contributed by atoms with Crippen molar-refractivity contribution in [3.05, 3.63) is 64.4 Å². The molecule has 1 saturated heterocycles. The standard InChI is InChI=1S/C22H24N2O3/c1-15-4-3-5-16(12-15)13-20-21(26)17-6-7-19(25)18(22(17)27-20)14-24-10-8-23(2)9-11-24/h3-7,12-13,25H,8-11,14H2,1-2H3/b20-13-. The summed E-state index contributed by atoms with van der Waals surface area (Å²) in [5.74, 6) is 0.541. The maximum Gasteiger partial charge on any atom is 0.231 e. The van der Waals surface area contributed by atoms with Crippen molar-refractivity contribution in [2.45, 2.75) is 13.5 Å². The predicted octanol–water partition coefficient (Wildman–Crippen LogP) is 1.02. The van der Waals surface area contributed by atoms with Crippen LogP contribution < -0.4 is 14.7 Å². The second kappa shape index (κ2) is 7.18. The highest BCUT2D eigenvalue weighted by molar-refractivity contribution is 6.14. The Morgan fingerprint density at radius 3 is 2.74 bits per heavy atom. The van der Waals surface area contributed by atoms with Crippen LogP contribution >= 0.6 is 0 Å². The molecule has 0 bridgehead atoms. The lowest BCUT2D eigenvalue weighted by Crippen LogP contribution is -3.13. The van der Waals surface area contributed by atoms with Gasteiger partial charge in [0, 0.05) is 18.7 Å². The molecule has 0 aromatic heterocycles. The van der Waals surface area contributed by atoms with Crippen LogP contribution in [0.5, 0.6) is 11.5 Å². The molecule has 2 heterocycles. The Morgan fingerprint density at radius 2 is 2.00 bits per heavy atom. The van der Waals surface area contributed by atoms with E-state index in [2.05, 4.69) is 11.9 Å². The van der Waals surface area contributed by atoms with Crippen LogP contribution in [0.4, 0.5) is 0 Å². The molecule has 1 fully saturated rings. The molecule has 2 aromatic rings. The highest BCUT2D eigenvalue weighted by Gasteiger charge is 2.31. The van der Waals surface area contributed by atoms with E-state index in [0.29, 0.717) is 23.4 Å². The molecule has 2 aliphatic heterocycles. The summed E-state index contributed by atoms with van der Waals surface area (Å²) in [6.45, 7) is 6.60. The van der Waals surface area contributed by atoms with Gasteiger partial charge in [0.25, 0.3) is 0 Å². The second-order valence-electron chi connectivity index (χ2n) is 7.50. The summed E-state index contributed by atoms with van der Waals surface area (Å²) in [5.41, 5.74) is 3.15. The number of Topliss-reactive ketones (excluding diaryl/α,β-unsaturated/α-hetero) is 1. The Labute approximate surface area is 159 Å². The van der Waals surface area contributed by atoms with Crippen molar-refractivity contribution in [2.24, 2.45) is 0 Å². The third-order valence-corrected chi connectivity index (χ3v) is 5.36. The van der Waals surface area contributed by atoms with Crippen LogP contribution in [0.25, 0.3) is 6.08 Å². The molecule has 0 atom stereocenters. The maximum absolute atomic E-state index is 12.8. The minimum absolute atomic E-state index is 0.0511. The molecule has 0 spiro atoms. The Balaban J connectivity index is 1.63. The van der Waals surface area contributed by atoms with E-state index in [1.54, 1.807) is 12.1 Å². The lowest BCUT2D eigenvalue weighted by molar-refractivity contribution is -0.918. The van der Waals surface area contributed by atoms with E-state index in [9.17, 15) is 9.90 Å². The van der Waals surface area contributed by atoms with Crippen LogP contribution in [0, 0.1) is 6.92 Å². The quantitative estimate of drug-likeness (QED) is 0.826. The molecule has 140 valence electrons. The number of likely N-dealkylation sites (N-methyl/N-ethyl adjacent to an activating group) is 1. The van der Waals surface area contributed by atoms with E-state index in [1.165, 1.54) is 11.0 Å². The molecular formula is C22H24N2O3. The van der Waals surface area contributed by atoms with Gasteiger partial charge in [-0.05, 0) is 31.7 Å². The zero-order chi connectivity index (χ0) is 19.0. The number of nitrogens with zero attached hydrogens (tertiary/aromatic N) is 1. The second-order valence-corrected chi connectivity index (χ2v) is 7.50. The van der Waals surface area contributed by atoms with Crippen molar-refractivity contribution >= 4 is 11.9 Å². The van der Waals surface area contributed by atoms with Crippen molar-refractivity contribution in [3.63, 3.8) is 0 Å². The predicted molar refractivity (Wildman–Crippen MR) is 102 cm³/mol. The van der Waals surface area contributed by atoms with Crippen LogP contribution in [-0.4, -0.2) is 43.9 Å². The number of carbonyl (C=O) groups is 1. The Kier molecular flexibility index (Phi) is 4.72. The normalized spacial score (nSPS) is 19.3. The molecule has 0 amide bonds. The Hall–Kier alpha value is -2.63. The number of quaternary nitrogens is 1. The maximum atomic E-state index is 12.8. The number of ether oxygens (including phenoxy) is 1.